The van der Waals surface area contributed by atoms with Gasteiger partial charge < -0.3 is 31.1 Å². The number of aromatic nitrogens is 2. The Hall–Kier alpha value is -5.33. The summed E-state index contributed by atoms with van der Waals surface area (Å²) in [5.74, 6) is -0.921. The topological polar surface area (TPSA) is 163 Å². The highest BCUT2D eigenvalue weighted by Gasteiger charge is 2.34. The number of nitrogens with two attached hydrogens (primary N) is 1. The van der Waals surface area contributed by atoms with E-state index >= 15 is 0 Å². The van der Waals surface area contributed by atoms with Gasteiger partial charge in [0.2, 0.25) is 0 Å². The average molecular weight is 638 g/mol. The molecule has 0 saturated carbocycles. The molecule has 0 spiro atoms. The van der Waals surface area contributed by atoms with Crippen molar-refractivity contribution in [3.8, 4) is 5.75 Å². The molecular formula is C35H39N7O5. The van der Waals surface area contributed by atoms with Crippen LogP contribution in [0.2, 0.25) is 0 Å². The van der Waals surface area contributed by atoms with Gasteiger partial charge in [0.1, 0.15) is 11.8 Å². The number of hydrogen-bond donors (Lipinski definition) is 4. The fourth-order valence-electron chi connectivity index (χ4n) is 5.41. The smallest absolute Gasteiger partial charge is 0.275 e. The van der Waals surface area contributed by atoms with E-state index in [9.17, 15) is 19.5 Å². The van der Waals surface area contributed by atoms with Crippen molar-refractivity contribution in [1.29, 1.82) is 0 Å². The zero-order valence-electron chi connectivity index (χ0n) is 26.6. The number of para-hydroxylation sites is 3. The summed E-state index contributed by atoms with van der Waals surface area (Å²) in [4.78, 5) is 51.4. The lowest BCUT2D eigenvalue weighted by Gasteiger charge is -2.38. The van der Waals surface area contributed by atoms with Crippen molar-refractivity contribution in [3.05, 3.63) is 108 Å². The van der Waals surface area contributed by atoms with Gasteiger partial charge in [-0.2, -0.15) is 0 Å². The van der Waals surface area contributed by atoms with Gasteiger partial charge in [-0.1, -0.05) is 37.3 Å². The monoisotopic (exact) mass is 637 g/mol. The van der Waals surface area contributed by atoms with Crippen molar-refractivity contribution in [2.45, 2.75) is 32.5 Å². The number of amides is 3. The maximum atomic E-state index is 13.8. The van der Waals surface area contributed by atoms with Crippen molar-refractivity contribution in [3.63, 3.8) is 0 Å². The Morgan fingerprint density at radius 1 is 1.04 bits per heavy atom. The van der Waals surface area contributed by atoms with Crippen LogP contribution in [0.25, 0.3) is 0 Å². The third-order valence-corrected chi connectivity index (χ3v) is 8.10. The summed E-state index contributed by atoms with van der Waals surface area (Å²) in [5.41, 5.74) is 9.24. The van der Waals surface area contributed by atoms with Crippen molar-refractivity contribution < 1.29 is 24.2 Å². The Morgan fingerprint density at radius 3 is 2.47 bits per heavy atom. The van der Waals surface area contributed by atoms with E-state index in [0.717, 1.165) is 5.56 Å². The predicted molar refractivity (Wildman–Crippen MR) is 179 cm³/mol. The maximum absolute atomic E-state index is 13.8. The maximum Gasteiger partial charge on any atom is 0.275 e. The van der Waals surface area contributed by atoms with E-state index in [1.165, 1.54) is 18.6 Å². The fourth-order valence-corrected chi connectivity index (χ4v) is 5.41. The van der Waals surface area contributed by atoms with Crippen molar-refractivity contribution in [1.82, 2.24) is 19.8 Å². The zero-order valence-corrected chi connectivity index (χ0v) is 26.6. The van der Waals surface area contributed by atoms with E-state index in [-0.39, 0.29) is 41.3 Å². The molecule has 5 N–H and O–H groups in total. The Morgan fingerprint density at radius 2 is 1.77 bits per heavy atom. The number of nitrogens with zero attached hydrogens (tertiary/aromatic N) is 4. The Balaban J connectivity index is 1.34. The first-order valence-corrected chi connectivity index (χ1v) is 15.4. The molecule has 0 fully saturated rings. The van der Waals surface area contributed by atoms with Gasteiger partial charge in [0.25, 0.3) is 17.7 Å². The highest BCUT2D eigenvalue weighted by molar-refractivity contribution is 6.06. The number of anilines is 3. The van der Waals surface area contributed by atoms with Crippen LogP contribution in [0.5, 0.6) is 5.75 Å². The lowest BCUT2D eigenvalue weighted by Crippen LogP contribution is -2.49. The van der Waals surface area contributed by atoms with Crippen molar-refractivity contribution in [2.75, 3.05) is 43.1 Å². The number of aliphatic hydroxyl groups is 1. The summed E-state index contributed by atoms with van der Waals surface area (Å²) in [6.45, 7) is 5.01. The number of fused-ring (bicyclic) bond motifs is 1. The van der Waals surface area contributed by atoms with E-state index in [1.54, 1.807) is 60.4 Å². The summed E-state index contributed by atoms with van der Waals surface area (Å²) in [6, 6.07) is 19.0. The number of likely N-dealkylation sites (N-methyl/N-ethyl adjacent to an activating group) is 1. The minimum absolute atomic E-state index is 0.121. The second-order valence-electron chi connectivity index (χ2n) is 11.8. The van der Waals surface area contributed by atoms with Crippen molar-refractivity contribution >= 4 is 34.8 Å². The summed E-state index contributed by atoms with van der Waals surface area (Å²) in [6.07, 6.45) is 3.87. The van der Waals surface area contributed by atoms with Crippen LogP contribution in [-0.2, 0) is 6.54 Å². The average Bonchev–Trinajstić information content (AvgIpc) is 3.08. The molecule has 0 unspecified atom stereocenters. The zero-order chi connectivity index (χ0) is 33.5. The lowest BCUT2D eigenvalue weighted by molar-refractivity contribution is 0.0343. The van der Waals surface area contributed by atoms with Gasteiger partial charge in [-0.05, 0) is 55.9 Å². The van der Waals surface area contributed by atoms with Crippen LogP contribution >= 0.6 is 0 Å². The highest BCUT2D eigenvalue weighted by Crippen LogP contribution is 2.35. The minimum Gasteiger partial charge on any atom is -0.486 e. The molecule has 1 aromatic heterocycles. The standard InChI is InChI=1S/C35H39N7O5/c1-22-18-42(23(2)21-43)35(46)26-7-6-10-29(40-34(45)30-17-37-15-16-38-30)32(26)47-31(22)20-41(3)19-24-11-13-25(14-12-24)33(44)39-28-9-5-4-8-27(28)36/h4-17,22-23,31,43H,18-21,36H2,1-3H3,(H,39,44)(H,40,45)/t22-,23+,31+/m0/s1. The first-order chi connectivity index (χ1) is 22.6. The van der Waals surface area contributed by atoms with Gasteiger partial charge in [0.15, 0.2) is 5.75 Å². The predicted octanol–water partition coefficient (Wildman–Crippen LogP) is 3.92. The summed E-state index contributed by atoms with van der Waals surface area (Å²) in [5, 5.41) is 15.7. The number of rotatable bonds is 10. The molecule has 4 aromatic rings. The summed E-state index contributed by atoms with van der Waals surface area (Å²) < 4.78 is 6.61. The molecule has 12 heteroatoms. The van der Waals surface area contributed by atoms with Gasteiger partial charge in [-0.15, -0.1) is 0 Å². The highest BCUT2D eigenvalue weighted by atomic mass is 16.5. The number of nitrogen functional groups attached to an aromatic ring is 1. The Kier molecular flexibility index (Phi) is 10.4. The van der Waals surface area contributed by atoms with Crippen molar-refractivity contribution in [2.24, 2.45) is 5.92 Å². The largest absolute Gasteiger partial charge is 0.486 e. The molecule has 244 valence electrons. The molecule has 47 heavy (non-hydrogen) atoms. The molecule has 0 radical (unpaired) electrons. The Bertz CT molecular complexity index is 1720. The second-order valence-corrected chi connectivity index (χ2v) is 11.8. The second kappa shape index (κ2) is 14.8. The third kappa shape index (κ3) is 7.91. The van der Waals surface area contributed by atoms with Crippen LogP contribution in [0.3, 0.4) is 0 Å². The first kappa shape index (κ1) is 33.0. The molecule has 3 aromatic carbocycles. The van der Waals surface area contributed by atoms with Crippen LogP contribution in [0.15, 0.2) is 85.3 Å². The third-order valence-electron chi connectivity index (χ3n) is 8.10. The minimum atomic E-state index is -0.490. The number of nitrogens with one attached hydrogen (secondary N) is 2. The normalized spacial score (nSPS) is 16.8. The van der Waals surface area contributed by atoms with E-state index in [4.69, 9.17) is 10.5 Å². The van der Waals surface area contributed by atoms with Gasteiger partial charge >= 0.3 is 0 Å². The fraction of sp³-hybridized carbons (Fsp3) is 0.286. The molecule has 3 atom stereocenters. The van der Waals surface area contributed by atoms with Gasteiger partial charge in [0, 0.05) is 43.5 Å². The van der Waals surface area contributed by atoms with Gasteiger partial charge in [-0.25, -0.2) is 4.98 Å². The molecule has 1 aliphatic heterocycles. The van der Waals surface area contributed by atoms with Gasteiger partial charge in [-0.3, -0.25) is 24.3 Å². The molecule has 5 rings (SSSR count). The summed E-state index contributed by atoms with van der Waals surface area (Å²) in [7, 11) is 1.97. The van der Waals surface area contributed by atoms with Crippen LogP contribution in [0.1, 0.15) is 50.6 Å². The van der Waals surface area contributed by atoms with E-state index < -0.39 is 18.1 Å². The number of aliphatic hydroxyl groups excluding tert-OH is 1. The quantitative estimate of drug-likeness (QED) is 0.189. The van der Waals surface area contributed by atoms with E-state index in [0.29, 0.717) is 42.3 Å². The Labute approximate surface area is 273 Å². The van der Waals surface area contributed by atoms with Crippen LogP contribution in [0, 0.1) is 5.92 Å². The lowest BCUT2D eigenvalue weighted by atomic mass is 9.98. The molecule has 2 heterocycles. The first-order valence-electron chi connectivity index (χ1n) is 15.4. The summed E-state index contributed by atoms with van der Waals surface area (Å²) >= 11 is 0. The van der Waals surface area contributed by atoms with Crippen LogP contribution in [-0.4, -0.2) is 81.5 Å². The molecule has 3 amide bonds. The van der Waals surface area contributed by atoms with E-state index in [2.05, 4.69) is 25.5 Å². The molecule has 0 bridgehead atoms. The van der Waals surface area contributed by atoms with Crippen LogP contribution in [0.4, 0.5) is 17.1 Å². The van der Waals surface area contributed by atoms with Crippen LogP contribution < -0.4 is 21.1 Å². The van der Waals surface area contributed by atoms with E-state index in [1.807, 2.05) is 32.2 Å². The number of carbonyl (C=O) groups is 3. The number of ether oxygens (including phenoxy) is 1. The molecular weight excluding hydrogens is 598 g/mol. The molecule has 0 aliphatic carbocycles. The molecule has 12 nitrogen and oxygen atoms in total. The molecule has 0 saturated heterocycles. The molecule has 1 aliphatic rings. The SMILES string of the molecule is C[C@H](CO)N1C[C@H](C)[C@@H](CN(C)Cc2ccc(C(=O)Nc3ccccc3N)cc2)Oc2c(NC(=O)c3cnccn3)cccc2C1=O. The number of hydrogen-bond acceptors (Lipinski definition) is 9. The number of benzene rings is 3. The number of carbonyl (C=O) groups excluding carboxylic acids is 3. The van der Waals surface area contributed by atoms with Gasteiger partial charge in [0.05, 0.1) is 41.5 Å².